The second-order valence-electron chi connectivity index (χ2n) is 10.6. The van der Waals surface area contributed by atoms with Gasteiger partial charge in [0.05, 0.1) is 11.4 Å². The van der Waals surface area contributed by atoms with E-state index in [0.29, 0.717) is 23.1 Å². The molecule has 0 radical (unpaired) electrons. The van der Waals surface area contributed by atoms with Gasteiger partial charge in [-0.3, -0.25) is 4.79 Å². The second kappa shape index (κ2) is 11.2. The molecule has 0 atom stereocenters. The number of hydrogen-bond acceptors (Lipinski definition) is 3. The lowest BCUT2D eigenvalue weighted by atomic mass is 9.92. The predicted octanol–water partition coefficient (Wildman–Crippen LogP) is 6.57. The Bertz CT molecular complexity index is 1240. The lowest BCUT2D eigenvalue weighted by Gasteiger charge is -2.24. The van der Waals surface area contributed by atoms with Crippen LogP contribution in [0.3, 0.4) is 0 Å². The normalized spacial score (nSPS) is 11.5. The van der Waals surface area contributed by atoms with Gasteiger partial charge >= 0.3 is 6.03 Å². The number of carbonyl (C=O) groups is 2. The van der Waals surface area contributed by atoms with Crippen molar-refractivity contribution in [2.45, 2.75) is 53.9 Å². The van der Waals surface area contributed by atoms with Gasteiger partial charge in [-0.2, -0.15) is 5.10 Å². The maximum atomic E-state index is 13.2. The Balaban J connectivity index is 1.83. The van der Waals surface area contributed by atoms with Gasteiger partial charge in [0.2, 0.25) is 5.91 Å². The number of carbonyl (C=O) groups excluding carboxylic acids is 2. The fourth-order valence-corrected chi connectivity index (χ4v) is 3.89. The van der Waals surface area contributed by atoms with E-state index in [4.69, 9.17) is 16.7 Å². The van der Waals surface area contributed by atoms with E-state index < -0.39 is 0 Å². The van der Waals surface area contributed by atoms with E-state index >= 15 is 0 Å². The second-order valence-corrected chi connectivity index (χ2v) is 11.0. The SMILES string of the molecule is Cc1ccc(NC(=O)N(CC(=O)Nc2cc(C(C)(C)C)nn2-c2ccccc2C)CC(C)C)cc1Cl. The molecule has 36 heavy (non-hydrogen) atoms. The third-order valence-electron chi connectivity index (χ3n) is 5.72. The minimum atomic E-state index is -0.360. The smallest absolute Gasteiger partial charge is 0.315 e. The highest BCUT2D eigenvalue weighted by Gasteiger charge is 2.24. The number of aromatic nitrogens is 2. The quantitative estimate of drug-likeness (QED) is 0.378. The molecule has 1 aromatic heterocycles. The fourth-order valence-electron chi connectivity index (χ4n) is 3.71. The summed E-state index contributed by atoms with van der Waals surface area (Å²) in [4.78, 5) is 27.8. The molecule has 2 N–H and O–H groups in total. The molecule has 1 heterocycles. The number of urea groups is 1. The molecule has 0 spiro atoms. The zero-order valence-corrected chi connectivity index (χ0v) is 22.9. The van der Waals surface area contributed by atoms with Gasteiger partial charge in [-0.25, -0.2) is 9.48 Å². The number of nitrogens with zero attached hydrogens (tertiary/aromatic N) is 3. The van der Waals surface area contributed by atoms with E-state index in [1.54, 1.807) is 16.8 Å². The maximum Gasteiger partial charge on any atom is 0.322 e. The van der Waals surface area contributed by atoms with Crippen molar-refractivity contribution in [3.63, 3.8) is 0 Å². The molecule has 3 aromatic rings. The highest BCUT2D eigenvalue weighted by atomic mass is 35.5. The number of aryl methyl sites for hydroxylation is 2. The van der Waals surface area contributed by atoms with Gasteiger partial charge in [0.1, 0.15) is 12.4 Å². The number of benzene rings is 2. The van der Waals surface area contributed by atoms with E-state index in [0.717, 1.165) is 22.5 Å². The molecule has 7 nitrogen and oxygen atoms in total. The molecular weight excluding hydrogens is 474 g/mol. The van der Waals surface area contributed by atoms with Crippen LogP contribution in [-0.4, -0.2) is 39.7 Å². The molecule has 0 aliphatic carbocycles. The van der Waals surface area contributed by atoms with Gasteiger partial charge in [-0.15, -0.1) is 0 Å². The van der Waals surface area contributed by atoms with Crippen LogP contribution in [0.5, 0.6) is 0 Å². The molecule has 0 aliphatic heterocycles. The summed E-state index contributed by atoms with van der Waals surface area (Å²) in [6.45, 7) is 14.5. The molecular formula is C28H36ClN5O2. The largest absolute Gasteiger partial charge is 0.322 e. The molecule has 192 valence electrons. The van der Waals surface area contributed by atoms with Crippen molar-refractivity contribution in [1.29, 1.82) is 0 Å². The van der Waals surface area contributed by atoms with Crippen LogP contribution in [0.15, 0.2) is 48.5 Å². The van der Waals surface area contributed by atoms with Gasteiger partial charge in [0.25, 0.3) is 0 Å². The molecule has 0 aliphatic rings. The Hall–Kier alpha value is -3.32. The summed E-state index contributed by atoms with van der Waals surface area (Å²) < 4.78 is 1.76. The van der Waals surface area contributed by atoms with E-state index in [-0.39, 0.29) is 29.8 Å². The number of hydrogen-bond donors (Lipinski definition) is 2. The van der Waals surface area contributed by atoms with Gasteiger partial charge in [0, 0.05) is 28.7 Å². The summed E-state index contributed by atoms with van der Waals surface area (Å²) in [7, 11) is 0. The molecule has 0 unspecified atom stereocenters. The Morgan fingerprint density at radius 2 is 1.72 bits per heavy atom. The first-order chi connectivity index (χ1) is 16.8. The van der Waals surface area contributed by atoms with Crippen LogP contribution in [0.25, 0.3) is 5.69 Å². The molecule has 8 heteroatoms. The molecule has 0 saturated heterocycles. The van der Waals surface area contributed by atoms with E-state index in [1.807, 2.05) is 64.1 Å². The van der Waals surface area contributed by atoms with Crippen molar-refractivity contribution in [3.05, 3.63) is 70.4 Å². The molecule has 2 aromatic carbocycles. The lowest BCUT2D eigenvalue weighted by Crippen LogP contribution is -2.42. The number of nitrogens with one attached hydrogen (secondary N) is 2. The van der Waals surface area contributed by atoms with Gasteiger partial charge in [-0.05, 0) is 49.1 Å². The average molecular weight is 510 g/mol. The molecule has 3 amide bonds. The zero-order valence-electron chi connectivity index (χ0n) is 22.1. The van der Waals surface area contributed by atoms with Crippen LogP contribution in [0.2, 0.25) is 5.02 Å². The van der Waals surface area contributed by atoms with Crippen molar-refractivity contribution in [2.24, 2.45) is 5.92 Å². The number of amides is 3. The first-order valence-electron chi connectivity index (χ1n) is 12.1. The minimum Gasteiger partial charge on any atom is -0.315 e. The third kappa shape index (κ3) is 6.88. The summed E-state index contributed by atoms with van der Waals surface area (Å²) >= 11 is 6.21. The van der Waals surface area contributed by atoms with Crippen LogP contribution in [0, 0.1) is 19.8 Å². The molecule has 0 bridgehead atoms. The van der Waals surface area contributed by atoms with Gasteiger partial charge in [-0.1, -0.05) is 70.5 Å². The molecule has 3 rings (SSSR count). The number of halogens is 1. The minimum absolute atomic E-state index is 0.104. The lowest BCUT2D eigenvalue weighted by molar-refractivity contribution is -0.116. The first-order valence-corrected chi connectivity index (χ1v) is 12.5. The van der Waals surface area contributed by atoms with Crippen LogP contribution in [0.1, 0.15) is 51.4 Å². The van der Waals surface area contributed by atoms with E-state index in [1.165, 1.54) is 4.90 Å². The third-order valence-corrected chi connectivity index (χ3v) is 6.13. The molecule has 0 saturated carbocycles. The predicted molar refractivity (Wildman–Crippen MR) is 147 cm³/mol. The van der Waals surface area contributed by atoms with Crippen molar-refractivity contribution in [1.82, 2.24) is 14.7 Å². The van der Waals surface area contributed by atoms with Crippen molar-refractivity contribution in [3.8, 4) is 5.69 Å². The molecule has 0 fully saturated rings. The van der Waals surface area contributed by atoms with Gasteiger partial charge < -0.3 is 15.5 Å². The summed E-state index contributed by atoms with van der Waals surface area (Å²) in [6, 6.07) is 14.8. The zero-order chi connectivity index (χ0) is 26.6. The highest BCUT2D eigenvalue weighted by molar-refractivity contribution is 6.31. The van der Waals surface area contributed by atoms with Crippen LogP contribution >= 0.6 is 11.6 Å². The first kappa shape index (κ1) is 27.3. The Morgan fingerprint density at radius 1 is 1.03 bits per heavy atom. The summed E-state index contributed by atoms with van der Waals surface area (Å²) in [5.74, 6) is 0.438. The summed E-state index contributed by atoms with van der Waals surface area (Å²) in [6.07, 6.45) is 0. The summed E-state index contributed by atoms with van der Waals surface area (Å²) in [5.41, 5.74) is 4.08. The van der Waals surface area contributed by atoms with Crippen molar-refractivity contribution in [2.75, 3.05) is 23.7 Å². The van der Waals surface area contributed by atoms with Gasteiger partial charge in [0.15, 0.2) is 0 Å². The number of anilines is 2. The van der Waals surface area contributed by atoms with E-state index in [2.05, 4.69) is 31.4 Å². The summed E-state index contributed by atoms with van der Waals surface area (Å²) in [5, 5.41) is 11.2. The maximum absolute atomic E-state index is 13.2. The fraction of sp³-hybridized carbons (Fsp3) is 0.393. The number of rotatable bonds is 7. The van der Waals surface area contributed by atoms with Crippen LogP contribution in [-0.2, 0) is 10.2 Å². The van der Waals surface area contributed by atoms with Crippen molar-refractivity contribution < 1.29 is 9.59 Å². The Morgan fingerprint density at radius 3 is 2.33 bits per heavy atom. The monoisotopic (exact) mass is 509 g/mol. The Kier molecular flexibility index (Phi) is 8.46. The Labute approximate surface area is 218 Å². The van der Waals surface area contributed by atoms with Crippen LogP contribution < -0.4 is 10.6 Å². The number of para-hydroxylation sites is 1. The highest BCUT2D eigenvalue weighted by Crippen LogP contribution is 2.27. The van der Waals surface area contributed by atoms with E-state index in [9.17, 15) is 9.59 Å². The van der Waals surface area contributed by atoms with Crippen LogP contribution in [0.4, 0.5) is 16.3 Å². The average Bonchev–Trinajstić information content (AvgIpc) is 3.19. The van der Waals surface area contributed by atoms with Crippen molar-refractivity contribution >= 4 is 35.0 Å². The topological polar surface area (TPSA) is 79.3 Å². The standard InChI is InChI=1S/C28H36ClN5O2/c1-18(2)16-33(27(36)30-21-13-12-19(3)22(29)14-21)17-26(35)31-25-15-24(28(5,6)7)32-34(25)23-11-9-8-10-20(23)4/h8-15,18H,16-17H2,1-7H3,(H,30,36)(H,31,35).